The third kappa shape index (κ3) is 4.82. The highest BCUT2D eigenvalue weighted by atomic mass is 35.5. The number of pyridine rings is 1. The lowest BCUT2D eigenvalue weighted by atomic mass is 9.82. The number of aliphatic hydroxyl groups is 1. The highest BCUT2D eigenvalue weighted by Gasteiger charge is 2.44. The van der Waals surface area contributed by atoms with Crippen LogP contribution in [0.1, 0.15) is 42.5 Å². The van der Waals surface area contributed by atoms with Crippen LogP contribution in [0.2, 0.25) is 5.02 Å². The molecule has 0 spiro atoms. The topological polar surface area (TPSA) is 68.7 Å². The molecule has 1 saturated carbocycles. The fraction of sp³-hybridized carbons (Fsp3) is 0.565. The van der Waals surface area contributed by atoms with Crippen LogP contribution in [0.4, 0.5) is 14.6 Å². The summed E-state index contributed by atoms with van der Waals surface area (Å²) in [7, 11) is 4.14. The standard InChI is InChI=1S/C23H29ClF2N4O2/c1-29(2)15-8-11-30(12-15)19-7-4-16-18(28-19)6-5-17(24)20(16)21(31)27-14-22(32)9-3-10-23(25,26)13-22/h4-7,15,32H,3,8-14H2,1-2H3,(H,27,31). The summed E-state index contributed by atoms with van der Waals surface area (Å²) in [4.78, 5) is 22.1. The van der Waals surface area contributed by atoms with E-state index in [1.54, 1.807) is 12.1 Å². The lowest BCUT2D eigenvalue weighted by Crippen LogP contribution is -2.49. The van der Waals surface area contributed by atoms with E-state index in [2.05, 4.69) is 29.2 Å². The number of nitrogens with one attached hydrogen (secondary N) is 1. The van der Waals surface area contributed by atoms with Gasteiger partial charge in [-0.3, -0.25) is 4.79 Å². The van der Waals surface area contributed by atoms with E-state index in [9.17, 15) is 18.7 Å². The van der Waals surface area contributed by atoms with Gasteiger partial charge in [0.05, 0.1) is 21.7 Å². The molecule has 174 valence electrons. The van der Waals surface area contributed by atoms with Crippen LogP contribution in [0.5, 0.6) is 0 Å². The van der Waals surface area contributed by atoms with Crippen molar-refractivity contribution in [2.75, 3.05) is 38.6 Å². The zero-order valence-corrected chi connectivity index (χ0v) is 19.1. The molecule has 2 N–H and O–H groups in total. The number of hydrogen-bond acceptors (Lipinski definition) is 5. The molecule has 1 aliphatic carbocycles. The number of halogens is 3. The average molecular weight is 467 g/mol. The molecule has 0 bridgehead atoms. The van der Waals surface area contributed by atoms with Crippen LogP contribution in [-0.2, 0) is 0 Å². The number of rotatable bonds is 5. The second-order valence-electron chi connectivity index (χ2n) is 9.30. The molecule has 2 aromatic rings. The lowest BCUT2D eigenvalue weighted by molar-refractivity contribution is -0.121. The molecule has 2 aliphatic rings. The Labute approximate surface area is 191 Å². The number of nitrogens with zero attached hydrogens (tertiary/aromatic N) is 3. The lowest BCUT2D eigenvalue weighted by Gasteiger charge is -2.36. The van der Waals surface area contributed by atoms with Gasteiger partial charge in [0.1, 0.15) is 5.82 Å². The minimum atomic E-state index is -2.92. The van der Waals surface area contributed by atoms with Gasteiger partial charge in [-0.1, -0.05) is 11.6 Å². The van der Waals surface area contributed by atoms with Crippen molar-refractivity contribution in [1.82, 2.24) is 15.2 Å². The number of amides is 1. The maximum absolute atomic E-state index is 13.7. The van der Waals surface area contributed by atoms with E-state index in [4.69, 9.17) is 16.6 Å². The first kappa shape index (κ1) is 23.1. The summed E-state index contributed by atoms with van der Waals surface area (Å²) in [5.41, 5.74) is -0.756. The normalized spacial score (nSPS) is 25.5. The number of benzene rings is 1. The zero-order chi connectivity index (χ0) is 23.1. The van der Waals surface area contributed by atoms with E-state index in [1.807, 2.05) is 12.1 Å². The molecular formula is C23H29ClF2N4O2. The minimum Gasteiger partial charge on any atom is -0.388 e. The van der Waals surface area contributed by atoms with Crippen LogP contribution in [0.15, 0.2) is 24.3 Å². The Bertz CT molecular complexity index is 1020. The Morgan fingerprint density at radius 1 is 1.31 bits per heavy atom. The van der Waals surface area contributed by atoms with Gasteiger partial charge in [-0.25, -0.2) is 13.8 Å². The van der Waals surface area contributed by atoms with Gasteiger partial charge in [-0.15, -0.1) is 0 Å². The predicted octanol–water partition coefficient (Wildman–Crippen LogP) is 3.70. The van der Waals surface area contributed by atoms with Crippen molar-refractivity contribution in [2.24, 2.45) is 0 Å². The number of aromatic nitrogens is 1. The predicted molar refractivity (Wildman–Crippen MR) is 122 cm³/mol. The monoisotopic (exact) mass is 466 g/mol. The highest BCUT2D eigenvalue weighted by molar-refractivity contribution is 6.35. The van der Waals surface area contributed by atoms with Gasteiger partial charge in [-0.05, 0) is 57.6 Å². The van der Waals surface area contributed by atoms with Gasteiger partial charge < -0.3 is 20.2 Å². The van der Waals surface area contributed by atoms with Crippen molar-refractivity contribution in [2.45, 2.75) is 49.7 Å². The maximum Gasteiger partial charge on any atom is 0.253 e. The van der Waals surface area contributed by atoms with Crippen molar-refractivity contribution < 1.29 is 18.7 Å². The molecule has 1 aliphatic heterocycles. The van der Waals surface area contributed by atoms with E-state index in [1.165, 1.54) is 0 Å². The second kappa shape index (κ2) is 8.72. The number of hydrogen-bond donors (Lipinski definition) is 2. The summed E-state index contributed by atoms with van der Waals surface area (Å²) in [5.74, 6) is -2.59. The summed E-state index contributed by atoms with van der Waals surface area (Å²) >= 11 is 6.33. The van der Waals surface area contributed by atoms with Crippen LogP contribution in [0, 0.1) is 0 Å². The number of likely N-dealkylation sites (N-methyl/N-ethyl adjacent to an activating group) is 1. The summed E-state index contributed by atoms with van der Waals surface area (Å²) in [6, 6.07) is 7.56. The third-order valence-corrected chi connectivity index (χ3v) is 6.92. The first-order valence-electron chi connectivity index (χ1n) is 11.0. The molecule has 2 atom stereocenters. The average Bonchev–Trinajstić information content (AvgIpc) is 3.21. The molecule has 1 amide bonds. The fourth-order valence-electron chi connectivity index (χ4n) is 4.76. The van der Waals surface area contributed by atoms with Crippen molar-refractivity contribution in [1.29, 1.82) is 0 Å². The van der Waals surface area contributed by atoms with Crippen LogP contribution < -0.4 is 10.2 Å². The zero-order valence-electron chi connectivity index (χ0n) is 18.4. The number of carbonyl (C=O) groups excluding carboxylic acids is 1. The van der Waals surface area contributed by atoms with E-state index in [-0.39, 0.29) is 36.4 Å². The Kier molecular flexibility index (Phi) is 6.31. The summed E-state index contributed by atoms with van der Waals surface area (Å²) in [5, 5.41) is 14.0. The van der Waals surface area contributed by atoms with Gasteiger partial charge in [-0.2, -0.15) is 0 Å². The molecule has 1 aromatic carbocycles. The molecule has 9 heteroatoms. The summed E-state index contributed by atoms with van der Waals surface area (Å²) in [6.07, 6.45) is 0.604. The third-order valence-electron chi connectivity index (χ3n) is 6.60. The van der Waals surface area contributed by atoms with Gasteiger partial charge in [0, 0.05) is 43.9 Å². The Balaban J connectivity index is 1.53. The van der Waals surface area contributed by atoms with E-state index >= 15 is 0 Å². The molecule has 2 fully saturated rings. The number of anilines is 1. The van der Waals surface area contributed by atoms with Crippen LogP contribution in [-0.4, -0.2) is 72.2 Å². The molecule has 1 aromatic heterocycles. The summed E-state index contributed by atoms with van der Waals surface area (Å²) in [6.45, 7) is 1.54. The molecular weight excluding hydrogens is 438 g/mol. The Morgan fingerprint density at radius 3 is 2.78 bits per heavy atom. The van der Waals surface area contributed by atoms with E-state index in [0.717, 1.165) is 25.3 Å². The summed E-state index contributed by atoms with van der Waals surface area (Å²) < 4.78 is 27.5. The SMILES string of the molecule is CN(C)C1CCN(c2ccc3c(C(=O)NCC4(O)CCCC(F)(F)C4)c(Cl)ccc3n2)C1. The van der Waals surface area contributed by atoms with Gasteiger partial charge in [0.2, 0.25) is 0 Å². The van der Waals surface area contributed by atoms with Crippen molar-refractivity contribution >= 4 is 34.2 Å². The minimum absolute atomic E-state index is 0.215. The Hall–Kier alpha value is -2.03. The molecule has 32 heavy (non-hydrogen) atoms. The molecule has 1 saturated heterocycles. The van der Waals surface area contributed by atoms with Crippen LogP contribution >= 0.6 is 11.6 Å². The fourth-order valence-corrected chi connectivity index (χ4v) is 5.01. The van der Waals surface area contributed by atoms with E-state index in [0.29, 0.717) is 16.9 Å². The largest absolute Gasteiger partial charge is 0.388 e. The highest BCUT2D eigenvalue weighted by Crippen LogP contribution is 2.39. The number of carbonyl (C=O) groups is 1. The molecule has 4 rings (SSSR count). The molecule has 0 radical (unpaired) electrons. The van der Waals surface area contributed by atoms with E-state index < -0.39 is 23.9 Å². The first-order chi connectivity index (χ1) is 15.1. The molecule has 6 nitrogen and oxygen atoms in total. The maximum atomic E-state index is 13.7. The smallest absolute Gasteiger partial charge is 0.253 e. The number of alkyl halides is 2. The quantitative estimate of drug-likeness (QED) is 0.703. The second-order valence-corrected chi connectivity index (χ2v) is 9.71. The van der Waals surface area contributed by atoms with Crippen LogP contribution in [0.3, 0.4) is 0 Å². The Morgan fingerprint density at radius 2 is 2.09 bits per heavy atom. The van der Waals surface area contributed by atoms with Gasteiger partial charge in [0.15, 0.2) is 0 Å². The van der Waals surface area contributed by atoms with Crippen molar-refractivity contribution in [3.05, 3.63) is 34.9 Å². The van der Waals surface area contributed by atoms with Crippen molar-refractivity contribution in [3.63, 3.8) is 0 Å². The first-order valence-corrected chi connectivity index (χ1v) is 11.3. The number of fused-ring (bicyclic) bond motifs is 1. The van der Waals surface area contributed by atoms with Gasteiger partial charge in [0.25, 0.3) is 11.8 Å². The molecule has 2 heterocycles. The molecule has 2 unspecified atom stereocenters. The van der Waals surface area contributed by atoms with Crippen LogP contribution in [0.25, 0.3) is 10.9 Å². The van der Waals surface area contributed by atoms with Crippen molar-refractivity contribution in [3.8, 4) is 0 Å². The van der Waals surface area contributed by atoms with Gasteiger partial charge >= 0.3 is 0 Å².